The van der Waals surface area contributed by atoms with Crippen LogP contribution >= 0.6 is 11.3 Å². The molecule has 0 aliphatic carbocycles. The minimum absolute atomic E-state index is 0.186. The number of nitrogens with one attached hydrogen (secondary N) is 1. The standard InChI is InChI=1S/C24H29N3O4S/c1-14(2)12-20(23(29)30)26-15(3)22(28)18(25)13-16-8-10-17(11-9-16)31-24-27-19-6-4-5-7-21(19)32-24/h4-11,14,18,20,22,26,28H,3,12-13,25H2,1-2H3,(H,29,30)/t18-,20+,22-/m1/s1. The Labute approximate surface area is 191 Å². The second kappa shape index (κ2) is 10.6. The lowest BCUT2D eigenvalue weighted by Gasteiger charge is -2.25. The van der Waals surface area contributed by atoms with E-state index in [0.717, 1.165) is 15.8 Å². The minimum Gasteiger partial charge on any atom is -0.480 e. The smallest absolute Gasteiger partial charge is 0.326 e. The molecule has 7 nitrogen and oxygen atoms in total. The molecule has 0 fully saturated rings. The number of carboxylic acids is 1. The fourth-order valence-corrected chi connectivity index (χ4v) is 4.17. The highest BCUT2D eigenvalue weighted by molar-refractivity contribution is 7.20. The van der Waals surface area contributed by atoms with Crippen molar-refractivity contribution < 1.29 is 19.7 Å². The summed E-state index contributed by atoms with van der Waals surface area (Å²) in [7, 11) is 0. The van der Waals surface area contributed by atoms with Gasteiger partial charge < -0.3 is 26.0 Å². The van der Waals surface area contributed by atoms with Crippen LogP contribution in [-0.4, -0.2) is 39.4 Å². The lowest BCUT2D eigenvalue weighted by molar-refractivity contribution is -0.139. The highest BCUT2D eigenvalue weighted by Crippen LogP contribution is 2.31. The number of nitrogens with two attached hydrogens (primary N) is 1. The molecular formula is C24H29N3O4S. The fourth-order valence-electron chi connectivity index (χ4n) is 3.33. The highest BCUT2D eigenvalue weighted by Gasteiger charge is 2.24. The molecule has 1 aromatic heterocycles. The lowest BCUT2D eigenvalue weighted by Crippen LogP contribution is -2.46. The molecule has 0 saturated carbocycles. The third-order valence-electron chi connectivity index (χ3n) is 5.00. The highest BCUT2D eigenvalue weighted by atomic mass is 32.1. The molecule has 3 aromatic rings. The molecule has 0 bridgehead atoms. The van der Waals surface area contributed by atoms with Crippen LogP contribution in [0.1, 0.15) is 25.8 Å². The van der Waals surface area contributed by atoms with Gasteiger partial charge in [0.25, 0.3) is 5.19 Å². The van der Waals surface area contributed by atoms with Crippen molar-refractivity contribution in [3.8, 4) is 10.9 Å². The van der Waals surface area contributed by atoms with E-state index in [1.807, 2.05) is 62.4 Å². The predicted octanol–water partition coefficient (Wildman–Crippen LogP) is 3.92. The van der Waals surface area contributed by atoms with Crippen LogP contribution in [0.15, 0.2) is 60.8 Å². The van der Waals surface area contributed by atoms with Crippen molar-refractivity contribution in [2.75, 3.05) is 0 Å². The zero-order valence-corrected chi connectivity index (χ0v) is 19.0. The number of ether oxygens (including phenoxy) is 1. The number of hydrogen-bond acceptors (Lipinski definition) is 7. The number of carboxylic acid groups (broad SMARTS) is 1. The molecule has 5 N–H and O–H groups in total. The Hall–Kier alpha value is -2.94. The van der Waals surface area contributed by atoms with E-state index < -0.39 is 24.2 Å². The van der Waals surface area contributed by atoms with Crippen LogP contribution in [-0.2, 0) is 11.2 Å². The van der Waals surface area contributed by atoms with Crippen molar-refractivity contribution in [3.05, 3.63) is 66.4 Å². The number of nitrogens with zero attached hydrogens (tertiary/aromatic N) is 1. The Morgan fingerprint density at radius 1 is 1.22 bits per heavy atom. The first-order valence-corrected chi connectivity index (χ1v) is 11.3. The second-order valence-electron chi connectivity index (χ2n) is 8.20. The van der Waals surface area contributed by atoms with E-state index in [1.165, 1.54) is 11.3 Å². The molecule has 1 heterocycles. The zero-order chi connectivity index (χ0) is 23.3. The Kier molecular flexibility index (Phi) is 7.84. The van der Waals surface area contributed by atoms with Crippen molar-refractivity contribution in [1.82, 2.24) is 10.3 Å². The van der Waals surface area contributed by atoms with Gasteiger partial charge in [-0.1, -0.05) is 56.0 Å². The van der Waals surface area contributed by atoms with E-state index in [0.29, 0.717) is 23.8 Å². The van der Waals surface area contributed by atoms with Crippen molar-refractivity contribution in [2.45, 2.75) is 44.9 Å². The number of benzene rings is 2. The molecule has 0 saturated heterocycles. The van der Waals surface area contributed by atoms with Crippen molar-refractivity contribution in [2.24, 2.45) is 11.7 Å². The molecule has 8 heteroatoms. The molecule has 0 spiro atoms. The second-order valence-corrected chi connectivity index (χ2v) is 9.19. The number of aliphatic hydroxyl groups is 1. The summed E-state index contributed by atoms with van der Waals surface area (Å²) in [5.74, 6) is -0.138. The zero-order valence-electron chi connectivity index (χ0n) is 18.2. The summed E-state index contributed by atoms with van der Waals surface area (Å²) < 4.78 is 6.92. The Morgan fingerprint density at radius 2 is 1.91 bits per heavy atom. The first-order chi connectivity index (χ1) is 15.2. The molecule has 170 valence electrons. The summed E-state index contributed by atoms with van der Waals surface area (Å²) in [6.45, 7) is 7.67. The van der Waals surface area contributed by atoms with E-state index in [-0.39, 0.29) is 11.6 Å². The Balaban J connectivity index is 1.56. The molecule has 3 rings (SSSR count). The van der Waals surface area contributed by atoms with Crippen LogP contribution in [0.25, 0.3) is 10.2 Å². The summed E-state index contributed by atoms with van der Waals surface area (Å²) in [4.78, 5) is 15.9. The van der Waals surface area contributed by atoms with E-state index in [1.54, 1.807) is 0 Å². The van der Waals surface area contributed by atoms with E-state index in [2.05, 4.69) is 16.9 Å². The molecule has 2 aromatic carbocycles. The summed E-state index contributed by atoms with van der Waals surface area (Å²) in [6.07, 6.45) is -0.264. The van der Waals surface area contributed by atoms with Crippen molar-refractivity contribution >= 4 is 27.5 Å². The van der Waals surface area contributed by atoms with Crippen LogP contribution in [0.3, 0.4) is 0 Å². The number of fused-ring (bicyclic) bond motifs is 1. The van der Waals surface area contributed by atoms with Gasteiger partial charge in [0, 0.05) is 11.7 Å². The molecule has 0 aliphatic rings. The van der Waals surface area contributed by atoms with Crippen LogP contribution in [0, 0.1) is 5.92 Å². The molecule has 0 amide bonds. The third kappa shape index (κ3) is 6.29. The van der Waals surface area contributed by atoms with Gasteiger partial charge in [0.1, 0.15) is 17.9 Å². The van der Waals surface area contributed by atoms with E-state index in [4.69, 9.17) is 10.5 Å². The molecule has 32 heavy (non-hydrogen) atoms. The number of aliphatic hydroxyl groups excluding tert-OH is 1. The summed E-state index contributed by atoms with van der Waals surface area (Å²) in [5.41, 5.74) is 8.19. The quantitative estimate of drug-likeness (QED) is 0.346. The average Bonchev–Trinajstić information content (AvgIpc) is 3.15. The number of aromatic nitrogens is 1. The van der Waals surface area contributed by atoms with Crippen LogP contribution < -0.4 is 15.8 Å². The largest absolute Gasteiger partial charge is 0.480 e. The van der Waals surface area contributed by atoms with Crippen LogP contribution in [0.2, 0.25) is 0 Å². The maximum atomic E-state index is 11.4. The number of thiazole rings is 1. The molecule has 0 unspecified atom stereocenters. The first-order valence-electron chi connectivity index (χ1n) is 10.5. The third-order valence-corrected chi connectivity index (χ3v) is 5.92. The normalized spacial score (nSPS) is 14.2. The molecular weight excluding hydrogens is 426 g/mol. The number of rotatable bonds is 11. The Bertz CT molecular complexity index is 1030. The van der Waals surface area contributed by atoms with Gasteiger partial charge >= 0.3 is 5.97 Å². The van der Waals surface area contributed by atoms with E-state index >= 15 is 0 Å². The minimum atomic E-state index is -1.08. The first kappa shape index (κ1) is 23.7. The van der Waals surface area contributed by atoms with E-state index in [9.17, 15) is 15.0 Å². The van der Waals surface area contributed by atoms with Crippen LogP contribution in [0.4, 0.5) is 0 Å². The van der Waals surface area contributed by atoms with Gasteiger partial charge in [0.2, 0.25) is 0 Å². The van der Waals surface area contributed by atoms with Gasteiger partial charge in [-0.25, -0.2) is 9.78 Å². The van der Waals surface area contributed by atoms with Gasteiger partial charge in [-0.15, -0.1) is 0 Å². The monoisotopic (exact) mass is 455 g/mol. The van der Waals surface area contributed by atoms with Gasteiger partial charge in [0.15, 0.2) is 0 Å². The topological polar surface area (TPSA) is 118 Å². The molecule has 0 radical (unpaired) electrons. The lowest BCUT2D eigenvalue weighted by atomic mass is 9.99. The number of aliphatic carboxylic acids is 1. The number of para-hydroxylation sites is 1. The maximum Gasteiger partial charge on any atom is 0.326 e. The van der Waals surface area contributed by atoms with Gasteiger partial charge in [-0.3, -0.25) is 0 Å². The summed E-state index contributed by atoms with van der Waals surface area (Å²) in [5, 5.41) is 23.3. The summed E-state index contributed by atoms with van der Waals surface area (Å²) in [6, 6.07) is 13.8. The Morgan fingerprint density at radius 3 is 2.53 bits per heavy atom. The van der Waals surface area contributed by atoms with Gasteiger partial charge in [-0.2, -0.15) is 0 Å². The fraction of sp³-hybridized carbons (Fsp3) is 0.333. The SMILES string of the molecule is C=C(N[C@@H](CC(C)C)C(=O)O)[C@@H](O)[C@H](N)Cc1ccc(Oc2nc3ccccc3s2)cc1. The maximum absolute atomic E-state index is 11.4. The molecule has 3 atom stereocenters. The van der Waals surface area contributed by atoms with Gasteiger partial charge in [0.05, 0.1) is 10.2 Å². The predicted molar refractivity (Wildman–Crippen MR) is 127 cm³/mol. The molecule has 0 aliphatic heterocycles. The summed E-state index contributed by atoms with van der Waals surface area (Å²) >= 11 is 1.48. The average molecular weight is 456 g/mol. The van der Waals surface area contributed by atoms with Gasteiger partial charge in [-0.05, 0) is 48.6 Å². The van der Waals surface area contributed by atoms with Crippen molar-refractivity contribution in [1.29, 1.82) is 0 Å². The number of hydrogen-bond donors (Lipinski definition) is 4. The number of carbonyl (C=O) groups is 1. The van der Waals surface area contributed by atoms with Crippen LogP contribution in [0.5, 0.6) is 10.9 Å². The van der Waals surface area contributed by atoms with Crippen molar-refractivity contribution in [3.63, 3.8) is 0 Å².